The Kier molecular flexibility index (Phi) is 14.4. The molecule has 0 bridgehead atoms. The Balaban J connectivity index is 0.000000240. The SMILES string of the molecule is O=[N+]([O-])c1ccc(C=Nc2ccccc2[N-]S(=O)(=O)c2ccccc2)cc1.O=[N+]([O-])c1ccc(C=Nc2ccccc2[N-]S(=O)(=O)c2ccccc2)cc1.[Pd+2]. The van der Waals surface area contributed by atoms with Crippen molar-refractivity contribution in [2.24, 2.45) is 9.98 Å². The van der Waals surface area contributed by atoms with E-state index in [0.717, 1.165) is 0 Å². The van der Waals surface area contributed by atoms with E-state index in [9.17, 15) is 37.1 Å². The fourth-order valence-corrected chi connectivity index (χ4v) is 6.54. The summed E-state index contributed by atoms with van der Waals surface area (Å²) in [6.07, 6.45) is 2.99. The molecule has 0 saturated carbocycles. The minimum Gasteiger partial charge on any atom is -0.571 e. The topological polar surface area (TPSA) is 207 Å². The van der Waals surface area contributed by atoms with Gasteiger partial charge in [0.15, 0.2) is 0 Å². The monoisotopic (exact) mass is 866 g/mol. The van der Waals surface area contributed by atoms with Crippen molar-refractivity contribution in [2.75, 3.05) is 0 Å². The van der Waals surface area contributed by atoms with Crippen LogP contribution in [0.5, 0.6) is 0 Å². The maximum absolute atomic E-state index is 12.4. The van der Waals surface area contributed by atoms with Crippen LogP contribution in [0.4, 0.5) is 34.1 Å². The first-order chi connectivity index (χ1) is 25.9. The molecule has 280 valence electrons. The summed E-state index contributed by atoms with van der Waals surface area (Å²) < 4.78 is 57.5. The van der Waals surface area contributed by atoms with Crippen LogP contribution in [0.3, 0.4) is 0 Å². The minimum atomic E-state index is -3.86. The molecule has 0 aliphatic rings. The van der Waals surface area contributed by atoms with Gasteiger partial charge in [0, 0.05) is 48.1 Å². The molecule has 55 heavy (non-hydrogen) atoms. The van der Waals surface area contributed by atoms with E-state index in [1.54, 1.807) is 109 Å². The molecule has 0 aliphatic heterocycles. The van der Waals surface area contributed by atoms with Gasteiger partial charge in [0.2, 0.25) is 0 Å². The minimum absolute atomic E-state index is 0. The number of para-hydroxylation sites is 2. The van der Waals surface area contributed by atoms with Crippen LogP contribution in [0.1, 0.15) is 11.1 Å². The number of rotatable bonds is 12. The van der Waals surface area contributed by atoms with Crippen molar-refractivity contribution >= 4 is 66.6 Å². The number of benzene rings is 6. The zero-order valence-corrected chi connectivity index (χ0v) is 31.4. The Morgan fingerprint density at radius 2 is 0.764 bits per heavy atom. The zero-order chi connectivity index (χ0) is 38.6. The summed E-state index contributed by atoms with van der Waals surface area (Å²) in [6.45, 7) is 0. The van der Waals surface area contributed by atoms with Gasteiger partial charge in [-0.3, -0.25) is 30.2 Å². The van der Waals surface area contributed by atoms with Crippen LogP contribution in [0, 0.1) is 20.2 Å². The number of nitro groups is 2. The van der Waals surface area contributed by atoms with Crippen molar-refractivity contribution in [1.82, 2.24) is 0 Å². The predicted molar refractivity (Wildman–Crippen MR) is 207 cm³/mol. The first-order valence-electron chi connectivity index (χ1n) is 15.7. The van der Waals surface area contributed by atoms with Gasteiger partial charge in [0.25, 0.3) is 11.4 Å². The van der Waals surface area contributed by atoms with Crippen LogP contribution in [-0.4, -0.2) is 39.1 Å². The largest absolute Gasteiger partial charge is 2.00 e. The van der Waals surface area contributed by atoms with E-state index < -0.39 is 29.9 Å². The van der Waals surface area contributed by atoms with Gasteiger partial charge >= 0.3 is 20.4 Å². The molecule has 17 heteroatoms. The summed E-state index contributed by atoms with van der Waals surface area (Å²) in [6, 6.07) is 40.7. The van der Waals surface area contributed by atoms with Crippen LogP contribution in [0.25, 0.3) is 9.44 Å². The summed E-state index contributed by atoms with van der Waals surface area (Å²) in [5.74, 6) is 0. The van der Waals surface area contributed by atoms with Crippen LogP contribution in [-0.2, 0) is 40.5 Å². The molecule has 0 N–H and O–H groups in total. The normalized spacial score (nSPS) is 11.2. The number of nitro benzene ring substituents is 2. The first kappa shape index (κ1) is 41.4. The summed E-state index contributed by atoms with van der Waals surface area (Å²) in [5.41, 5.74) is 2.40. The fourth-order valence-electron chi connectivity index (χ4n) is 4.50. The van der Waals surface area contributed by atoms with Crippen molar-refractivity contribution in [3.8, 4) is 0 Å². The Labute approximate surface area is 330 Å². The van der Waals surface area contributed by atoms with Gasteiger partial charge < -0.3 is 9.44 Å². The standard InChI is InChI=1S/2C19H14N3O4S.Pd/c2*23-22(24)16-12-10-15(11-13-16)14-20-18-8-4-5-9-19(18)21-27(25,26)17-6-2-1-3-7-17;/h2*1-14H;/q2*-1;+2. The van der Waals surface area contributed by atoms with Crippen molar-refractivity contribution < 1.29 is 47.1 Å². The Hall–Kier alpha value is -6.38. The second kappa shape index (κ2) is 19.1. The molecule has 0 fully saturated rings. The molecule has 0 heterocycles. The third kappa shape index (κ3) is 11.8. The van der Waals surface area contributed by atoms with E-state index in [4.69, 9.17) is 0 Å². The van der Waals surface area contributed by atoms with Gasteiger partial charge in [-0.25, -0.2) is 16.8 Å². The molecule has 0 aromatic heterocycles. The van der Waals surface area contributed by atoms with E-state index >= 15 is 0 Å². The van der Waals surface area contributed by atoms with Gasteiger partial charge in [0.1, 0.15) is 20.0 Å². The Bertz CT molecular complexity index is 2340. The number of hydrogen-bond acceptors (Lipinski definition) is 10. The fraction of sp³-hybridized carbons (Fsp3) is 0. The van der Waals surface area contributed by atoms with Crippen molar-refractivity contribution in [3.63, 3.8) is 0 Å². The molecule has 0 atom stereocenters. The maximum Gasteiger partial charge on any atom is 2.00 e. The summed E-state index contributed by atoms with van der Waals surface area (Å²) in [7, 11) is -7.72. The van der Waals surface area contributed by atoms with Crippen LogP contribution in [0.15, 0.2) is 178 Å². The summed E-state index contributed by atoms with van der Waals surface area (Å²) >= 11 is 0. The number of hydrogen-bond donors (Lipinski definition) is 0. The second-order valence-corrected chi connectivity index (χ2v) is 14.2. The van der Waals surface area contributed by atoms with Gasteiger partial charge in [0.05, 0.1) is 19.6 Å². The van der Waals surface area contributed by atoms with E-state index in [-0.39, 0.29) is 53.0 Å². The molecule has 0 saturated heterocycles. The Morgan fingerprint density at radius 3 is 1.09 bits per heavy atom. The first-order valence-corrected chi connectivity index (χ1v) is 18.6. The van der Waals surface area contributed by atoms with Gasteiger partial charge in [-0.15, -0.1) is 11.4 Å². The molecular weight excluding hydrogens is 839 g/mol. The number of non-ortho nitro benzene ring substituents is 2. The third-order valence-corrected chi connectivity index (χ3v) is 9.81. The van der Waals surface area contributed by atoms with Crippen LogP contribution >= 0.6 is 0 Å². The molecule has 0 amide bonds. The molecule has 6 rings (SSSR count). The molecular formula is C38H28N6O8PdS2. The predicted octanol–water partition coefficient (Wildman–Crippen LogP) is 9.48. The third-order valence-electron chi connectivity index (χ3n) is 7.20. The van der Waals surface area contributed by atoms with E-state index in [0.29, 0.717) is 22.5 Å². The molecule has 0 radical (unpaired) electrons. The molecule has 0 aliphatic carbocycles. The Morgan fingerprint density at radius 1 is 0.455 bits per heavy atom. The quantitative estimate of drug-likeness (QED) is 0.0500. The zero-order valence-electron chi connectivity index (χ0n) is 28.2. The molecule has 0 unspecified atom stereocenters. The second-order valence-electron chi connectivity index (χ2n) is 10.9. The number of nitrogens with zero attached hydrogens (tertiary/aromatic N) is 6. The molecule has 14 nitrogen and oxygen atoms in total. The summed E-state index contributed by atoms with van der Waals surface area (Å²) in [5, 5.41) is 21.4. The van der Waals surface area contributed by atoms with Crippen LogP contribution in [0.2, 0.25) is 0 Å². The van der Waals surface area contributed by atoms with Crippen molar-refractivity contribution in [3.05, 3.63) is 199 Å². The van der Waals surface area contributed by atoms with E-state index in [1.807, 2.05) is 0 Å². The average molecular weight is 867 g/mol. The van der Waals surface area contributed by atoms with Gasteiger partial charge in [-0.1, -0.05) is 72.8 Å². The molecule has 6 aromatic carbocycles. The number of aliphatic imine (C=N–C) groups is 2. The maximum atomic E-state index is 12.4. The van der Waals surface area contributed by atoms with E-state index in [1.165, 1.54) is 61.0 Å². The average Bonchev–Trinajstić information content (AvgIpc) is 3.18. The van der Waals surface area contributed by atoms with E-state index in [2.05, 4.69) is 19.4 Å². The molecule has 6 aromatic rings. The number of sulfonamides is 2. The molecule has 0 spiro atoms. The van der Waals surface area contributed by atoms with Crippen molar-refractivity contribution in [2.45, 2.75) is 9.79 Å². The van der Waals surface area contributed by atoms with Gasteiger partial charge in [-0.05, 0) is 71.8 Å². The smallest absolute Gasteiger partial charge is 0.571 e. The summed E-state index contributed by atoms with van der Waals surface area (Å²) in [4.78, 5) is 29.2. The van der Waals surface area contributed by atoms with Crippen LogP contribution < -0.4 is 0 Å². The van der Waals surface area contributed by atoms with Crippen molar-refractivity contribution in [1.29, 1.82) is 0 Å². The van der Waals surface area contributed by atoms with Gasteiger partial charge in [-0.2, -0.15) is 0 Å².